The lowest BCUT2D eigenvalue weighted by Gasteiger charge is -2.07. The quantitative estimate of drug-likeness (QED) is 0.604. The Kier molecular flexibility index (Phi) is 16.6. The van der Waals surface area contributed by atoms with Gasteiger partial charge < -0.3 is 19.9 Å². The van der Waals surface area contributed by atoms with E-state index in [1.807, 2.05) is 20.8 Å². The van der Waals surface area contributed by atoms with E-state index in [1.165, 1.54) is 12.1 Å². The molecule has 0 spiro atoms. The lowest BCUT2D eigenvalue weighted by atomic mass is 10.3. The second-order valence-electron chi connectivity index (χ2n) is 3.67. The van der Waals surface area contributed by atoms with Crippen LogP contribution < -0.4 is 10.5 Å². The number of carbonyl (C=O) groups is 2. The molecule has 0 radical (unpaired) electrons. The van der Waals surface area contributed by atoms with Gasteiger partial charge in [0.2, 0.25) is 0 Å². The molecule has 0 saturated carbocycles. The molecule has 0 aliphatic heterocycles. The first-order chi connectivity index (χ1) is 11.1. The number of esters is 1. The van der Waals surface area contributed by atoms with E-state index in [4.69, 9.17) is 15.2 Å². The number of carbonyl (C=O) groups excluding carboxylic acids is 2. The van der Waals surface area contributed by atoms with Gasteiger partial charge in [-0.2, -0.15) is 0 Å². The third kappa shape index (κ3) is 11.3. The number of methoxy groups -OCH3 is 1. The maximum Gasteiger partial charge on any atom is 0.357 e. The molecule has 23 heavy (non-hydrogen) atoms. The normalized spacial score (nSPS) is 8.78. The molecule has 0 unspecified atom stereocenters. The van der Waals surface area contributed by atoms with Gasteiger partial charge in [0.05, 0.1) is 6.61 Å². The fraction of sp³-hybridized carbons (Fsp3) is 0.562. The average Bonchev–Trinajstić information content (AvgIpc) is 2.61. The molecule has 1 rings (SSSR count). The molecule has 7 heteroatoms. The Hall–Kier alpha value is -1.99. The van der Waals surface area contributed by atoms with E-state index >= 15 is 0 Å². The second kappa shape index (κ2) is 16.4. The van der Waals surface area contributed by atoms with Gasteiger partial charge in [-0.15, -0.1) is 0 Å². The highest BCUT2D eigenvalue weighted by molar-refractivity contribution is 5.89. The minimum Gasteiger partial charge on any atom is -0.492 e. The second-order valence-corrected chi connectivity index (χ2v) is 3.67. The van der Waals surface area contributed by atoms with Gasteiger partial charge in [0.25, 0.3) is 0 Å². The Bertz CT molecular complexity index is 436. The molecule has 1 aromatic heterocycles. The number of aldehydes is 1. The van der Waals surface area contributed by atoms with Crippen LogP contribution in [0.4, 0.5) is 0 Å². The summed E-state index contributed by atoms with van der Waals surface area (Å²) in [4.78, 5) is 26.0. The highest BCUT2D eigenvalue weighted by Crippen LogP contribution is 2.14. The Morgan fingerprint density at radius 2 is 1.87 bits per heavy atom. The van der Waals surface area contributed by atoms with E-state index < -0.39 is 5.97 Å². The monoisotopic (exact) mass is 328 g/mol. The van der Waals surface area contributed by atoms with Crippen molar-refractivity contribution in [3.8, 4) is 5.75 Å². The highest BCUT2D eigenvalue weighted by atomic mass is 16.5. The fourth-order valence-electron chi connectivity index (χ4n) is 1.16. The van der Waals surface area contributed by atoms with Crippen LogP contribution in [0.5, 0.6) is 5.75 Å². The maximum atomic E-state index is 11.5. The standard InChI is InChI=1S/C11H14N2O4.C3H8O.C2H6/c1-2-16-11(15)10-6-9(17-4-3-12)5-8(7-14)13-10;1-3-4-2;1-2/h5-7H,2-4,12H2,1H3;3H2,1-2H3;1-2H3. The summed E-state index contributed by atoms with van der Waals surface area (Å²) in [5, 5.41) is 0. The summed E-state index contributed by atoms with van der Waals surface area (Å²) in [6.45, 7) is 9.34. The number of aromatic nitrogens is 1. The van der Waals surface area contributed by atoms with Crippen molar-refractivity contribution in [2.24, 2.45) is 5.73 Å². The molecule has 1 heterocycles. The molecule has 0 amide bonds. The smallest absolute Gasteiger partial charge is 0.357 e. The Balaban J connectivity index is 0. The molecular weight excluding hydrogens is 300 g/mol. The van der Waals surface area contributed by atoms with Crippen LogP contribution in [0.25, 0.3) is 0 Å². The predicted molar refractivity (Wildman–Crippen MR) is 89.0 cm³/mol. The fourth-order valence-corrected chi connectivity index (χ4v) is 1.16. The van der Waals surface area contributed by atoms with Crippen molar-refractivity contribution < 1.29 is 23.8 Å². The maximum absolute atomic E-state index is 11.5. The van der Waals surface area contributed by atoms with Crippen molar-refractivity contribution in [2.45, 2.75) is 27.7 Å². The molecule has 1 aromatic rings. The van der Waals surface area contributed by atoms with Crippen LogP contribution in [-0.4, -0.2) is 50.7 Å². The first-order valence-corrected chi connectivity index (χ1v) is 7.59. The molecule has 0 aliphatic carbocycles. The van der Waals surface area contributed by atoms with E-state index in [1.54, 1.807) is 14.0 Å². The topological polar surface area (TPSA) is 101 Å². The Morgan fingerprint density at radius 3 is 2.30 bits per heavy atom. The Labute approximate surface area is 138 Å². The minimum atomic E-state index is -0.589. The third-order valence-electron chi connectivity index (χ3n) is 2.10. The molecule has 0 fully saturated rings. The molecule has 2 N–H and O–H groups in total. The van der Waals surface area contributed by atoms with Gasteiger partial charge in [0.1, 0.15) is 18.1 Å². The summed E-state index contributed by atoms with van der Waals surface area (Å²) in [5.74, 6) is -0.218. The molecule has 0 aliphatic rings. The molecule has 0 saturated heterocycles. The van der Waals surface area contributed by atoms with Crippen LogP contribution in [0.15, 0.2) is 12.1 Å². The van der Waals surface area contributed by atoms with E-state index in [0.29, 0.717) is 25.2 Å². The lowest BCUT2D eigenvalue weighted by Crippen LogP contribution is -2.13. The SMILES string of the molecule is CC.CCOC.CCOC(=O)c1cc(OCCN)cc(C=O)n1. The largest absolute Gasteiger partial charge is 0.492 e. The van der Waals surface area contributed by atoms with E-state index in [2.05, 4.69) is 9.72 Å². The molecular formula is C16H28N2O5. The number of rotatable bonds is 7. The average molecular weight is 328 g/mol. The van der Waals surface area contributed by atoms with Gasteiger partial charge in [-0.3, -0.25) is 4.79 Å². The van der Waals surface area contributed by atoms with E-state index in [9.17, 15) is 9.59 Å². The van der Waals surface area contributed by atoms with Crippen molar-refractivity contribution >= 4 is 12.3 Å². The van der Waals surface area contributed by atoms with Crippen LogP contribution in [0.1, 0.15) is 48.7 Å². The lowest BCUT2D eigenvalue weighted by molar-refractivity contribution is 0.0519. The molecule has 0 aromatic carbocycles. The van der Waals surface area contributed by atoms with Crippen LogP contribution in [0, 0.1) is 0 Å². The van der Waals surface area contributed by atoms with Crippen LogP contribution >= 0.6 is 0 Å². The van der Waals surface area contributed by atoms with Crippen LogP contribution in [0.3, 0.4) is 0 Å². The number of hydrogen-bond donors (Lipinski definition) is 1. The van der Waals surface area contributed by atoms with Crippen molar-refractivity contribution in [3.05, 3.63) is 23.5 Å². The number of ether oxygens (including phenoxy) is 3. The zero-order chi connectivity index (χ0) is 18.1. The van der Waals surface area contributed by atoms with Crippen LogP contribution in [-0.2, 0) is 9.47 Å². The summed E-state index contributed by atoms with van der Waals surface area (Å²) >= 11 is 0. The number of pyridine rings is 1. The zero-order valence-corrected chi connectivity index (χ0v) is 14.6. The van der Waals surface area contributed by atoms with Gasteiger partial charge in [0, 0.05) is 32.4 Å². The summed E-state index contributed by atoms with van der Waals surface area (Å²) in [5.41, 5.74) is 5.45. The van der Waals surface area contributed by atoms with Gasteiger partial charge in [-0.25, -0.2) is 9.78 Å². The number of nitrogens with zero attached hydrogens (tertiary/aromatic N) is 1. The van der Waals surface area contributed by atoms with Crippen LogP contribution in [0.2, 0.25) is 0 Å². The van der Waals surface area contributed by atoms with Crippen molar-refractivity contribution in [3.63, 3.8) is 0 Å². The summed E-state index contributed by atoms with van der Waals surface area (Å²) in [6.07, 6.45) is 0.540. The van der Waals surface area contributed by atoms with Gasteiger partial charge in [-0.05, 0) is 13.8 Å². The zero-order valence-electron chi connectivity index (χ0n) is 14.6. The molecule has 0 atom stereocenters. The van der Waals surface area contributed by atoms with E-state index in [-0.39, 0.29) is 18.0 Å². The molecule has 132 valence electrons. The summed E-state index contributed by atoms with van der Waals surface area (Å²) in [7, 11) is 1.68. The van der Waals surface area contributed by atoms with Gasteiger partial charge in [0.15, 0.2) is 12.0 Å². The van der Waals surface area contributed by atoms with Crippen molar-refractivity contribution in [1.29, 1.82) is 0 Å². The number of hydrogen-bond acceptors (Lipinski definition) is 7. The molecule has 7 nitrogen and oxygen atoms in total. The van der Waals surface area contributed by atoms with E-state index in [0.717, 1.165) is 6.61 Å². The van der Waals surface area contributed by atoms with Gasteiger partial charge in [-0.1, -0.05) is 13.8 Å². The van der Waals surface area contributed by atoms with Gasteiger partial charge >= 0.3 is 5.97 Å². The predicted octanol–water partition coefficient (Wildman–Crippen LogP) is 2.09. The first kappa shape index (κ1) is 23.3. The third-order valence-corrected chi connectivity index (χ3v) is 2.10. The Morgan fingerprint density at radius 1 is 1.26 bits per heavy atom. The minimum absolute atomic E-state index is 0.0449. The molecule has 0 bridgehead atoms. The van der Waals surface area contributed by atoms with Crippen molar-refractivity contribution in [2.75, 3.05) is 33.5 Å². The van der Waals surface area contributed by atoms with Crippen molar-refractivity contribution in [1.82, 2.24) is 4.98 Å². The number of nitrogens with two attached hydrogens (primary N) is 1. The first-order valence-electron chi connectivity index (χ1n) is 7.59. The summed E-state index contributed by atoms with van der Waals surface area (Å²) < 4.78 is 14.6. The summed E-state index contributed by atoms with van der Waals surface area (Å²) in [6, 6.07) is 2.85. The highest BCUT2D eigenvalue weighted by Gasteiger charge is 2.11.